The molecule has 1 N–H and O–H groups in total. The maximum absolute atomic E-state index is 12.5. The molecule has 116 valence electrons. The SMILES string of the molecule is CCCc1c(C(=O)N2CC(O)C2)nnn1-c1cccc(Cl)c1. The standard InChI is InChI=1S/C15H17ClN4O2/c1-2-4-13-14(15(22)19-8-12(21)9-19)17-18-20(13)11-6-3-5-10(16)7-11/h3,5-7,12,21H,2,4,8-9H2,1H3. The second-order valence-electron chi connectivity index (χ2n) is 5.39. The predicted molar refractivity (Wildman–Crippen MR) is 82.3 cm³/mol. The van der Waals surface area contributed by atoms with Gasteiger partial charge in [0.15, 0.2) is 5.69 Å². The van der Waals surface area contributed by atoms with Crippen LogP contribution in [0.2, 0.25) is 5.02 Å². The van der Waals surface area contributed by atoms with Crippen LogP contribution in [0.15, 0.2) is 24.3 Å². The summed E-state index contributed by atoms with van der Waals surface area (Å²) in [4.78, 5) is 14.0. The Balaban J connectivity index is 1.96. The third-order valence-electron chi connectivity index (χ3n) is 3.65. The normalized spacial score (nSPS) is 15.0. The number of carbonyl (C=O) groups is 1. The molecule has 22 heavy (non-hydrogen) atoms. The van der Waals surface area contributed by atoms with Gasteiger partial charge in [-0.15, -0.1) is 5.10 Å². The van der Waals surface area contributed by atoms with E-state index in [9.17, 15) is 9.90 Å². The van der Waals surface area contributed by atoms with E-state index in [1.807, 2.05) is 19.1 Å². The largest absolute Gasteiger partial charge is 0.389 e. The van der Waals surface area contributed by atoms with Crippen LogP contribution in [0.5, 0.6) is 0 Å². The molecule has 0 radical (unpaired) electrons. The van der Waals surface area contributed by atoms with Crippen molar-refractivity contribution in [2.24, 2.45) is 0 Å². The Bertz CT molecular complexity index is 695. The number of rotatable bonds is 4. The van der Waals surface area contributed by atoms with Crippen molar-refractivity contribution in [3.8, 4) is 5.69 Å². The first-order valence-electron chi connectivity index (χ1n) is 7.28. The lowest BCUT2D eigenvalue weighted by atomic mass is 10.1. The van der Waals surface area contributed by atoms with Crippen molar-refractivity contribution in [3.63, 3.8) is 0 Å². The molecule has 0 bridgehead atoms. The minimum Gasteiger partial charge on any atom is -0.389 e. The monoisotopic (exact) mass is 320 g/mol. The highest BCUT2D eigenvalue weighted by molar-refractivity contribution is 6.30. The average molecular weight is 321 g/mol. The number of benzene rings is 1. The highest BCUT2D eigenvalue weighted by Crippen LogP contribution is 2.21. The highest BCUT2D eigenvalue weighted by atomic mass is 35.5. The average Bonchev–Trinajstić information content (AvgIpc) is 2.87. The Kier molecular flexibility index (Phi) is 4.13. The van der Waals surface area contributed by atoms with Crippen LogP contribution in [0.3, 0.4) is 0 Å². The van der Waals surface area contributed by atoms with Gasteiger partial charge in [0.25, 0.3) is 5.91 Å². The van der Waals surface area contributed by atoms with Crippen LogP contribution in [0.25, 0.3) is 5.69 Å². The van der Waals surface area contributed by atoms with Crippen molar-refractivity contribution in [2.45, 2.75) is 25.9 Å². The number of hydrogen-bond donors (Lipinski definition) is 1. The fourth-order valence-corrected chi connectivity index (χ4v) is 2.70. The summed E-state index contributed by atoms with van der Waals surface area (Å²) in [7, 11) is 0. The molecule has 1 fully saturated rings. The van der Waals surface area contributed by atoms with Crippen molar-refractivity contribution in [3.05, 3.63) is 40.7 Å². The molecule has 1 aromatic carbocycles. The zero-order valence-corrected chi connectivity index (χ0v) is 13.0. The highest BCUT2D eigenvalue weighted by Gasteiger charge is 2.33. The van der Waals surface area contributed by atoms with E-state index in [1.54, 1.807) is 21.7 Å². The third kappa shape index (κ3) is 2.71. The number of carbonyl (C=O) groups excluding carboxylic acids is 1. The van der Waals surface area contributed by atoms with Gasteiger partial charge in [-0.25, -0.2) is 4.68 Å². The quantitative estimate of drug-likeness (QED) is 0.930. The van der Waals surface area contributed by atoms with Crippen molar-refractivity contribution in [1.82, 2.24) is 19.9 Å². The molecule has 1 saturated heterocycles. The topological polar surface area (TPSA) is 71.2 Å². The number of nitrogens with zero attached hydrogens (tertiary/aromatic N) is 4. The van der Waals surface area contributed by atoms with Crippen LogP contribution in [-0.4, -0.2) is 50.1 Å². The minimum atomic E-state index is -0.429. The fourth-order valence-electron chi connectivity index (χ4n) is 2.52. The van der Waals surface area contributed by atoms with Gasteiger partial charge < -0.3 is 10.0 Å². The van der Waals surface area contributed by atoms with Gasteiger partial charge in [0.1, 0.15) is 0 Å². The van der Waals surface area contributed by atoms with Crippen molar-refractivity contribution < 1.29 is 9.90 Å². The van der Waals surface area contributed by atoms with Gasteiger partial charge in [-0.3, -0.25) is 4.79 Å². The summed E-state index contributed by atoms with van der Waals surface area (Å²) >= 11 is 6.03. The van der Waals surface area contributed by atoms with Crippen LogP contribution < -0.4 is 0 Å². The van der Waals surface area contributed by atoms with E-state index in [0.29, 0.717) is 30.2 Å². The summed E-state index contributed by atoms with van der Waals surface area (Å²) in [5, 5.41) is 18.1. The van der Waals surface area contributed by atoms with E-state index in [2.05, 4.69) is 10.3 Å². The summed E-state index contributed by atoms with van der Waals surface area (Å²) in [5.74, 6) is -0.179. The molecule has 3 rings (SSSR count). The Labute approximate surface area is 133 Å². The van der Waals surface area contributed by atoms with E-state index < -0.39 is 6.10 Å². The number of aliphatic hydroxyl groups excluding tert-OH is 1. The van der Waals surface area contributed by atoms with Crippen molar-refractivity contribution in [1.29, 1.82) is 0 Å². The molecule has 1 aromatic heterocycles. The summed E-state index contributed by atoms with van der Waals surface area (Å²) in [6.07, 6.45) is 1.13. The van der Waals surface area contributed by atoms with Crippen LogP contribution >= 0.6 is 11.6 Å². The lowest BCUT2D eigenvalue weighted by molar-refractivity contribution is 0.00541. The van der Waals surface area contributed by atoms with E-state index in [4.69, 9.17) is 11.6 Å². The molecule has 7 heteroatoms. The van der Waals surface area contributed by atoms with Gasteiger partial charge in [0, 0.05) is 18.1 Å². The molecule has 1 aliphatic rings. The lowest BCUT2D eigenvalue weighted by Gasteiger charge is -2.35. The summed E-state index contributed by atoms with van der Waals surface area (Å²) in [6.45, 7) is 2.75. The Morgan fingerprint density at radius 2 is 2.23 bits per heavy atom. The molecular formula is C15H17ClN4O2. The predicted octanol–water partition coefficient (Wildman–Crippen LogP) is 1.69. The van der Waals surface area contributed by atoms with Crippen LogP contribution in [0, 0.1) is 0 Å². The molecule has 0 atom stereocenters. The molecule has 2 heterocycles. The number of aromatic nitrogens is 3. The van der Waals surface area contributed by atoms with Crippen molar-refractivity contribution in [2.75, 3.05) is 13.1 Å². The first-order valence-corrected chi connectivity index (χ1v) is 7.65. The lowest BCUT2D eigenvalue weighted by Crippen LogP contribution is -2.53. The fraction of sp³-hybridized carbons (Fsp3) is 0.400. The van der Waals surface area contributed by atoms with Gasteiger partial charge in [-0.05, 0) is 24.6 Å². The molecule has 0 saturated carbocycles. The number of hydrogen-bond acceptors (Lipinski definition) is 4. The molecule has 1 amide bonds. The summed E-state index contributed by atoms with van der Waals surface area (Å²) in [6, 6.07) is 7.29. The Morgan fingerprint density at radius 3 is 2.86 bits per heavy atom. The number of β-amino-alcohol motifs (C(OH)–C–C–N with tert-alkyl or cyclic N) is 1. The molecule has 1 aliphatic heterocycles. The summed E-state index contributed by atoms with van der Waals surface area (Å²) < 4.78 is 1.67. The summed E-state index contributed by atoms with van der Waals surface area (Å²) in [5.41, 5.74) is 1.91. The maximum atomic E-state index is 12.5. The van der Waals surface area contributed by atoms with Gasteiger partial charge >= 0.3 is 0 Å². The van der Waals surface area contributed by atoms with Gasteiger partial charge in [-0.2, -0.15) is 0 Å². The van der Waals surface area contributed by atoms with Gasteiger partial charge in [0.2, 0.25) is 0 Å². The third-order valence-corrected chi connectivity index (χ3v) is 3.89. The van der Waals surface area contributed by atoms with E-state index >= 15 is 0 Å². The molecule has 6 nitrogen and oxygen atoms in total. The number of halogens is 1. The van der Waals surface area contributed by atoms with Crippen molar-refractivity contribution >= 4 is 17.5 Å². The molecule has 0 spiro atoms. The molecular weight excluding hydrogens is 304 g/mol. The second-order valence-corrected chi connectivity index (χ2v) is 5.83. The second kappa shape index (κ2) is 6.06. The minimum absolute atomic E-state index is 0.179. The van der Waals surface area contributed by atoms with E-state index in [0.717, 1.165) is 17.8 Å². The molecule has 0 aliphatic carbocycles. The number of likely N-dealkylation sites (tertiary alicyclic amines) is 1. The van der Waals surface area contributed by atoms with Gasteiger partial charge in [-0.1, -0.05) is 36.2 Å². The zero-order chi connectivity index (χ0) is 15.7. The zero-order valence-electron chi connectivity index (χ0n) is 12.2. The van der Waals surface area contributed by atoms with Crippen LogP contribution in [0.1, 0.15) is 29.5 Å². The first kappa shape index (κ1) is 15.0. The first-order chi connectivity index (χ1) is 10.6. The number of amides is 1. The Morgan fingerprint density at radius 1 is 1.45 bits per heavy atom. The van der Waals surface area contributed by atoms with Crippen LogP contribution in [0.4, 0.5) is 0 Å². The maximum Gasteiger partial charge on any atom is 0.276 e. The molecule has 0 unspecified atom stereocenters. The van der Waals surface area contributed by atoms with E-state index in [1.165, 1.54) is 0 Å². The smallest absolute Gasteiger partial charge is 0.276 e. The Hall–Kier alpha value is -1.92. The van der Waals surface area contributed by atoms with Gasteiger partial charge in [0.05, 0.1) is 17.5 Å². The van der Waals surface area contributed by atoms with E-state index in [-0.39, 0.29) is 5.91 Å². The van der Waals surface area contributed by atoms with Crippen LogP contribution in [-0.2, 0) is 6.42 Å². The molecule has 2 aromatic rings. The number of aliphatic hydroxyl groups is 1.